The van der Waals surface area contributed by atoms with Crippen molar-refractivity contribution in [3.8, 4) is 0 Å². The maximum atomic E-state index is 5.87. The Bertz CT molecular complexity index is 298. The summed E-state index contributed by atoms with van der Waals surface area (Å²) in [7, 11) is 0. The van der Waals surface area contributed by atoms with E-state index < -0.39 is 0 Å². The highest BCUT2D eigenvalue weighted by Crippen LogP contribution is 2.24. The van der Waals surface area contributed by atoms with Gasteiger partial charge in [-0.3, -0.25) is 0 Å². The van der Waals surface area contributed by atoms with Crippen molar-refractivity contribution in [2.24, 2.45) is 0 Å². The standard InChI is InChI=1S/C14H19Cl/c1-3-5-6-7-12(4-2)13-8-10-14(15)11-9-13/h5-6,8-12H,3-4,7H2,1-2H3/b6-5-. The molecule has 0 N–H and O–H groups in total. The van der Waals surface area contributed by atoms with Crippen molar-refractivity contribution in [3.63, 3.8) is 0 Å². The molecule has 1 heteroatoms. The fraction of sp³-hybridized carbons (Fsp3) is 0.429. The first-order chi connectivity index (χ1) is 7.27. The van der Waals surface area contributed by atoms with Gasteiger partial charge >= 0.3 is 0 Å². The van der Waals surface area contributed by atoms with E-state index in [1.807, 2.05) is 12.1 Å². The van der Waals surface area contributed by atoms with Crippen molar-refractivity contribution >= 4 is 11.6 Å². The van der Waals surface area contributed by atoms with Crippen LogP contribution in [-0.2, 0) is 0 Å². The summed E-state index contributed by atoms with van der Waals surface area (Å²) in [5.41, 5.74) is 1.39. The Hall–Kier alpha value is -0.750. The Morgan fingerprint density at radius 3 is 2.33 bits per heavy atom. The topological polar surface area (TPSA) is 0 Å². The van der Waals surface area contributed by atoms with Crippen molar-refractivity contribution in [3.05, 3.63) is 47.0 Å². The van der Waals surface area contributed by atoms with Crippen LogP contribution in [0.15, 0.2) is 36.4 Å². The largest absolute Gasteiger partial charge is 0.0888 e. The van der Waals surface area contributed by atoms with Crippen LogP contribution in [0.25, 0.3) is 0 Å². The van der Waals surface area contributed by atoms with Gasteiger partial charge in [0, 0.05) is 5.02 Å². The van der Waals surface area contributed by atoms with Gasteiger partial charge in [-0.1, -0.05) is 49.7 Å². The van der Waals surface area contributed by atoms with Crippen molar-refractivity contribution in [1.82, 2.24) is 0 Å². The fourth-order valence-corrected chi connectivity index (χ4v) is 1.83. The molecule has 0 saturated carbocycles. The zero-order valence-corrected chi connectivity index (χ0v) is 10.3. The van der Waals surface area contributed by atoms with Gasteiger partial charge in [0.25, 0.3) is 0 Å². The second-order valence-electron chi connectivity index (χ2n) is 3.77. The average molecular weight is 223 g/mol. The lowest BCUT2D eigenvalue weighted by molar-refractivity contribution is 0.673. The molecule has 15 heavy (non-hydrogen) atoms. The van der Waals surface area contributed by atoms with Crippen LogP contribution in [0.3, 0.4) is 0 Å². The fourth-order valence-electron chi connectivity index (χ4n) is 1.70. The molecule has 82 valence electrons. The zero-order valence-electron chi connectivity index (χ0n) is 9.54. The molecule has 0 radical (unpaired) electrons. The molecule has 0 nitrogen and oxygen atoms in total. The van der Waals surface area contributed by atoms with Crippen LogP contribution in [0.5, 0.6) is 0 Å². The molecule has 1 aromatic rings. The predicted molar refractivity (Wildman–Crippen MR) is 68.5 cm³/mol. The second kappa shape index (κ2) is 6.68. The smallest absolute Gasteiger partial charge is 0.0406 e. The van der Waals surface area contributed by atoms with Gasteiger partial charge in [0.2, 0.25) is 0 Å². The van der Waals surface area contributed by atoms with Crippen LogP contribution < -0.4 is 0 Å². The average Bonchev–Trinajstić information content (AvgIpc) is 2.26. The first-order valence-electron chi connectivity index (χ1n) is 5.68. The second-order valence-corrected chi connectivity index (χ2v) is 4.21. The summed E-state index contributed by atoms with van der Waals surface area (Å²) in [4.78, 5) is 0. The minimum Gasteiger partial charge on any atom is -0.0888 e. The van der Waals surface area contributed by atoms with Gasteiger partial charge in [-0.25, -0.2) is 0 Å². The van der Waals surface area contributed by atoms with Gasteiger partial charge in [-0.05, 0) is 42.9 Å². The Morgan fingerprint density at radius 1 is 1.13 bits per heavy atom. The summed E-state index contributed by atoms with van der Waals surface area (Å²) < 4.78 is 0. The summed E-state index contributed by atoms with van der Waals surface area (Å²) in [5, 5.41) is 0.817. The number of halogens is 1. The summed E-state index contributed by atoms with van der Waals surface area (Å²) in [6.07, 6.45) is 7.94. The maximum Gasteiger partial charge on any atom is 0.0406 e. The predicted octanol–water partition coefficient (Wildman–Crippen LogP) is 5.19. The third-order valence-corrected chi connectivity index (χ3v) is 2.91. The van der Waals surface area contributed by atoms with Gasteiger partial charge in [0.15, 0.2) is 0 Å². The monoisotopic (exact) mass is 222 g/mol. The van der Waals surface area contributed by atoms with Crippen LogP contribution in [0.1, 0.15) is 44.6 Å². The molecule has 0 aliphatic rings. The van der Waals surface area contributed by atoms with Crippen molar-refractivity contribution < 1.29 is 0 Å². The zero-order chi connectivity index (χ0) is 11.1. The van der Waals surface area contributed by atoms with Gasteiger partial charge < -0.3 is 0 Å². The van der Waals surface area contributed by atoms with E-state index in [4.69, 9.17) is 11.6 Å². The van der Waals surface area contributed by atoms with E-state index >= 15 is 0 Å². The van der Waals surface area contributed by atoms with Gasteiger partial charge in [0.1, 0.15) is 0 Å². The lowest BCUT2D eigenvalue weighted by atomic mass is 9.93. The summed E-state index contributed by atoms with van der Waals surface area (Å²) in [5.74, 6) is 0.630. The Labute approximate surface area is 98.0 Å². The minimum absolute atomic E-state index is 0.630. The maximum absolute atomic E-state index is 5.87. The van der Waals surface area contributed by atoms with E-state index in [0.29, 0.717) is 5.92 Å². The van der Waals surface area contributed by atoms with Crippen LogP contribution in [0.4, 0.5) is 0 Å². The lowest BCUT2D eigenvalue weighted by Crippen LogP contribution is -1.95. The van der Waals surface area contributed by atoms with Crippen molar-refractivity contribution in [2.75, 3.05) is 0 Å². The Morgan fingerprint density at radius 2 is 1.80 bits per heavy atom. The molecule has 0 aliphatic carbocycles. The van der Waals surface area contributed by atoms with Crippen molar-refractivity contribution in [1.29, 1.82) is 0 Å². The SMILES string of the molecule is CC/C=C\CC(CC)c1ccc(Cl)cc1. The number of rotatable bonds is 5. The Balaban J connectivity index is 2.65. The van der Waals surface area contributed by atoms with Crippen molar-refractivity contribution in [2.45, 2.75) is 39.0 Å². The number of hydrogen-bond acceptors (Lipinski definition) is 0. The van der Waals surface area contributed by atoms with E-state index in [1.54, 1.807) is 0 Å². The molecular weight excluding hydrogens is 204 g/mol. The van der Waals surface area contributed by atoms with Crippen LogP contribution in [0.2, 0.25) is 5.02 Å². The molecule has 0 saturated heterocycles. The molecule has 0 bridgehead atoms. The van der Waals surface area contributed by atoms with E-state index in [2.05, 4.69) is 38.1 Å². The van der Waals surface area contributed by atoms with Gasteiger partial charge in [-0.2, -0.15) is 0 Å². The molecule has 0 amide bonds. The molecule has 0 spiro atoms. The molecule has 0 aliphatic heterocycles. The first kappa shape index (κ1) is 12.3. The van der Waals surface area contributed by atoms with Crippen LogP contribution in [-0.4, -0.2) is 0 Å². The van der Waals surface area contributed by atoms with Gasteiger partial charge in [-0.15, -0.1) is 0 Å². The normalized spacial score (nSPS) is 13.3. The molecular formula is C14H19Cl. The van der Waals surface area contributed by atoms with Crippen LogP contribution >= 0.6 is 11.6 Å². The van der Waals surface area contributed by atoms with E-state index in [1.165, 1.54) is 12.0 Å². The number of benzene rings is 1. The van der Waals surface area contributed by atoms with Gasteiger partial charge in [0.05, 0.1) is 0 Å². The third kappa shape index (κ3) is 4.09. The first-order valence-corrected chi connectivity index (χ1v) is 6.06. The third-order valence-electron chi connectivity index (χ3n) is 2.66. The highest BCUT2D eigenvalue weighted by molar-refractivity contribution is 6.30. The molecule has 1 unspecified atom stereocenters. The summed E-state index contributed by atoms with van der Waals surface area (Å²) >= 11 is 5.87. The van der Waals surface area contributed by atoms with E-state index in [0.717, 1.165) is 17.9 Å². The molecule has 1 aromatic carbocycles. The highest BCUT2D eigenvalue weighted by Gasteiger charge is 2.06. The van der Waals surface area contributed by atoms with Crippen LogP contribution in [0, 0.1) is 0 Å². The van der Waals surface area contributed by atoms with E-state index in [-0.39, 0.29) is 0 Å². The molecule has 1 atom stereocenters. The quantitative estimate of drug-likeness (QED) is 0.602. The molecule has 0 aromatic heterocycles. The summed E-state index contributed by atoms with van der Waals surface area (Å²) in [6, 6.07) is 8.22. The minimum atomic E-state index is 0.630. The number of hydrogen-bond donors (Lipinski definition) is 0. The Kier molecular flexibility index (Phi) is 5.49. The molecule has 1 rings (SSSR count). The highest BCUT2D eigenvalue weighted by atomic mass is 35.5. The molecule has 0 heterocycles. The molecule has 0 fully saturated rings. The number of allylic oxidation sites excluding steroid dienone is 2. The summed E-state index contributed by atoms with van der Waals surface area (Å²) in [6.45, 7) is 4.40. The van der Waals surface area contributed by atoms with E-state index in [9.17, 15) is 0 Å². The lowest BCUT2D eigenvalue weighted by Gasteiger charge is -2.12.